The summed E-state index contributed by atoms with van der Waals surface area (Å²) in [6, 6.07) is 0.786. The number of piperazine rings is 1. The van der Waals surface area contributed by atoms with Crippen molar-refractivity contribution in [3.05, 3.63) is 49.4 Å². The normalized spacial score (nSPS) is 17.2. The maximum absolute atomic E-state index is 16.4. The van der Waals surface area contributed by atoms with Crippen LogP contribution in [-0.2, 0) is 9.53 Å². The molecular formula is C30H35BrClFN6O4. The van der Waals surface area contributed by atoms with Gasteiger partial charge in [0.05, 0.1) is 44.3 Å². The van der Waals surface area contributed by atoms with E-state index < -0.39 is 29.1 Å². The zero-order valence-electron chi connectivity index (χ0n) is 25.5. The van der Waals surface area contributed by atoms with Crippen molar-refractivity contribution >= 4 is 61.8 Å². The summed E-state index contributed by atoms with van der Waals surface area (Å²) in [5, 5.41) is 0.460. The third-order valence-electron chi connectivity index (χ3n) is 7.71. The minimum Gasteiger partial charge on any atom is -0.444 e. The number of rotatable bonds is 3. The van der Waals surface area contributed by atoms with Crippen molar-refractivity contribution in [3.8, 4) is 5.69 Å². The van der Waals surface area contributed by atoms with E-state index in [1.165, 1.54) is 27.7 Å². The van der Waals surface area contributed by atoms with E-state index in [9.17, 15) is 14.4 Å². The molecule has 0 aliphatic carbocycles. The molecule has 2 amide bonds. The highest BCUT2D eigenvalue weighted by molar-refractivity contribution is 9.10. The first-order valence-corrected chi connectivity index (χ1v) is 15.4. The van der Waals surface area contributed by atoms with Gasteiger partial charge in [0, 0.05) is 25.5 Å². The van der Waals surface area contributed by atoms with Crippen molar-refractivity contribution in [1.82, 2.24) is 19.4 Å². The van der Waals surface area contributed by atoms with E-state index in [4.69, 9.17) is 16.3 Å². The van der Waals surface area contributed by atoms with Crippen molar-refractivity contribution < 1.29 is 18.7 Å². The Balaban J connectivity index is 1.83. The number of carbonyl (C=O) groups excluding carboxylic acids is 2. The van der Waals surface area contributed by atoms with Gasteiger partial charge in [0.2, 0.25) is 0 Å². The Morgan fingerprint density at radius 3 is 2.23 bits per heavy atom. The van der Waals surface area contributed by atoms with Crippen LogP contribution in [0.3, 0.4) is 0 Å². The van der Waals surface area contributed by atoms with E-state index >= 15 is 4.39 Å². The molecule has 1 saturated heterocycles. The highest BCUT2D eigenvalue weighted by atomic mass is 79.9. The molecule has 230 valence electrons. The molecule has 0 N–H and O–H groups in total. The number of hydrogen-bond donors (Lipinski definition) is 0. The Morgan fingerprint density at radius 1 is 1.07 bits per heavy atom. The molecular weight excluding hydrogens is 643 g/mol. The maximum Gasteiger partial charge on any atom is 0.410 e. The van der Waals surface area contributed by atoms with Crippen molar-refractivity contribution in [3.63, 3.8) is 0 Å². The lowest BCUT2D eigenvalue weighted by molar-refractivity contribution is -0.120. The number of anilines is 2. The second kappa shape index (κ2) is 11.0. The van der Waals surface area contributed by atoms with Crippen molar-refractivity contribution in [2.75, 3.05) is 36.5 Å². The van der Waals surface area contributed by atoms with E-state index in [2.05, 4.69) is 25.9 Å². The van der Waals surface area contributed by atoms with Crippen LogP contribution in [-0.4, -0.2) is 69.8 Å². The topological polar surface area (TPSA) is 101 Å². The predicted molar refractivity (Wildman–Crippen MR) is 168 cm³/mol. The molecule has 1 aromatic carbocycles. The number of benzene rings is 1. The second-order valence-electron chi connectivity index (χ2n) is 12.6. The fourth-order valence-electron chi connectivity index (χ4n) is 5.80. The fraction of sp³-hybridized carbons (Fsp3) is 0.500. The number of amides is 2. The van der Waals surface area contributed by atoms with Crippen molar-refractivity contribution in [1.29, 1.82) is 0 Å². The number of aromatic nitrogens is 3. The van der Waals surface area contributed by atoms with Crippen LogP contribution in [0.1, 0.15) is 71.7 Å². The van der Waals surface area contributed by atoms with Gasteiger partial charge in [-0.25, -0.2) is 19.2 Å². The molecule has 2 aromatic heterocycles. The number of fused-ring (bicyclic) bond motifs is 5. The molecule has 0 unspecified atom stereocenters. The van der Waals surface area contributed by atoms with Crippen LogP contribution in [0, 0.1) is 5.82 Å². The molecule has 0 spiro atoms. The summed E-state index contributed by atoms with van der Waals surface area (Å²) in [6.07, 6.45) is 0.922. The highest BCUT2D eigenvalue weighted by Crippen LogP contribution is 2.45. The van der Waals surface area contributed by atoms with Crippen LogP contribution in [0.15, 0.2) is 21.7 Å². The van der Waals surface area contributed by atoms with E-state index in [1.807, 2.05) is 27.7 Å². The number of halogens is 3. The molecule has 0 saturated carbocycles. The first kappa shape index (κ1) is 31.2. The summed E-state index contributed by atoms with van der Waals surface area (Å²) < 4.78 is 23.3. The quantitative estimate of drug-likeness (QED) is 0.314. The van der Waals surface area contributed by atoms with Gasteiger partial charge in [-0.05, 0) is 54.6 Å². The summed E-state index contributed by atoms with van der Waals surface area (Å²) in [4.78, 5) is 55.0. The Hall–Kier alpha value is -3.25. The average Bonchev–Trinajstić information content (AvgIpc) is 2.93. The van der Waals surface area contributed by atoms with Gasteiger partial charge < -0.3 is 19.4 Å². The fourth-order valence-corrected chi connectivity index (χ4v) is 6.29. The van der Waals surface area contributed by atoms with Gasteiger partial charge in [-0.15, -0.1) is 0 Å². The number of ether oxygens (including phenoxy) is 1. The maximum atomic E-state index is 16.4. The molecule has 2 aliphatic rings. The number of nitrogens with zero attached hydrogens (tertiary/aromatic N) is 6. The Kier molecular flexibility index (Phi) is 8.00. The van der Waals surface area contributed by atoms with Crippen LogP contribution < -0.4 is 15.4 Å². The zero-order chi connectivity index (χ0) is 31.7. The standard InChI is InChI=1S/C30H35BrClFN6O4/c1-14(2)21-25(22(15(3)4)35-13-34-21)39-23-16(11-17(32)19(31)20(23)33)24-26(28(39)41)36(8)27(40)18-12-37(9-10-38(18)24)29(42)43-30(5,6)7/h11,13-15,18H,9-10,12H2,1-8H3/t18-/m1/s1. The molecule has 4 heterocycles. The molecule has 13 heteroatoms. The SMILES string of the molecule is CC(C)c1ncnc(C(C)C)c1-n1c(=O)c2c(c3cc(Cl)c(Br)c(F)c31)N1CCN(C(=O)OC(C)(C)C)C[C@@H]1C(=O)N2C. The average molecular weight is 678 g/mol. The van der Waals surface area contributed by atoms with Crippen LogP contribution >= 0.6 is 27.5 Å². The smallest absolute Gasteiger partial charge is 0.410 e. The third-order valence-corrected chi connectivity index (χ3v) is 9.01. The number of pyridine rings is 1. The van der Waals surface area contributed by atoms with Crippen molar-refractivity contribution in [2.24, 2.45) is 0 Å². The Labute approximate surface area is 262 Å². The summed E-state index contributed by atoms with van der Waals surface area (Å²) in [5.41, 5.74) is 0.702. The lowest BCUT2D eigenvalue weighted by Crippen LogP contribution is -2.64. The van der Waals surface area contributed by atoms with Gasteiger partial charge in [-0.1, -0.05) is 39.3 Å². The van der Waals surface area contributed by atoms with Gasteiger partial charge in [0.15, 0.2) is 5.82 Å². The first-order valence-electron chi connectivity index (χ1n) is 14.2. The molecule has 0 bridgehead atoms. The summed E-state index contributed by atoms with van der Waals surface area (Å²) in [6.45, 7) is 13.6. The van der Waals surface area contributed by atoms with Gasteiger partial charge in [-0.2, -0.15) is 0 Å². The second-order valence-corrected chi connectivity index (χ2v) is 13.8. The first-order chi connectivity index (χ1) is 20.0. The van der Waals surface area contributed by atoms with E-state index in [0.717, 1.165) is 0 Å². The summed E-state index contributed by atoms with van der Waals surface area (Å²) >= 11 is 9.81. The molecule has 3 aromatic rings. The van der Waals surface area contributed by atoms with Gasteiger partial charge in [0.1, 0.15) is 23.7 Å². The molecule has 10 nitrogen and oxygen atoms in total. The van der Waals surface area contributed by atoms with Gasteiger partial charge >= 0.3 is 6.09 Å². The van der Waals surface area contributed by atoms with E-state index in [-0.39, 0.29) is 58.1 Å². The van der Waals surface area contributed by atoms with Crippen LogP contribution in [0.4, 0.5) is 20.6 Å². The monoisotopic (exact) mass is 676 g/mol. The summed E-state index contributed by atoms with van der Waals surface area (Å²) in [7, 11) is 1.52. The highest BCUT2D eigenvalue weighted by Gasteiger charge is 2.45. The largest absolute Gasteiger partial charge is 0.444 e. The minimum atomic E-state index is -0.819. The van der Waals surface area contributed by atoms with Gasteiger partial charge in [0.25, 0.3) is 11.5 Å². The Bertz CT molecular complexity index is 1690. The lowest BCUT2D eigenvalue weighted by Gasteiger charge is -2.47. The number of hydrogen-bond acceptors (Lipinski definition) is 7. The molecule has 0 radical (unpaired) electrons. The summed E-state index contributed by atoms with van der Waals surface area (Å²) in [5.74, 6) is -1.35. The third kappa shape index (κ3) is 5.16. The lowest BCUT2D eigenvalue weighted by atomic mass is 9.98. The number of likely N-dealkylation sites (N-methyl/N-ethyl adjacent to an activating group) is 1. The van der Waals surface area contributed by atoms with Gasteiger partial charge in [-0.3, -0.25) is 14.2 Å². The molecule has 1 fully saturated rings. The van der Waals surface area contributed by atoms with Crippen LogP contribution in [0.25, 0.3) is 16.6 Å². The molecule has 2 aliphatic heterocycles. The minimum absolute atomic E-state index is 0.00491. The number of carbonyl (C=O) groups is 2. The zero-order valence-corrected chi connectivity index (χ0v) is 27.8. The molecule has 5 rings (SSSR count). The van der Waals surface area contributed by atoms with Crippen molar-refractivity contribution in [2.45, 2.75) is 71.9 Å². The van der Waals surface area contributed by atoms with Crippen LogP contribution in [0.5, 0.6) is 0 Å². The Morgan fingerprint density at radius 2 is 1.67 bits per heavy atom. The van der Waals surface area contributed by atoms with E-state index in [0.29, 0.717) is 28.1 Å². The van der Waals surface area contributed by atoms with E-state index in [1.54, 1.807) is 31.7 Å². The van der Waals surface area contributed by atoms with Crippen LogP contribution in [0.2, 0.25) is 5.02 Å². The predicted octanol–water partition coefficient (Wildman–Crippen LogP) is 5.98. The molecule has 43 heavy (non-hydrogen) atoms. The molecule has 1 atom stereocenters.